The molecule has 124 valence electrons. The van der Waals surface area contributed by atoms with Gasteiger partial charge in [0.2, 0.25) is 0 Å². The first-order valence-corrected chi connectivity index (χ1v) is 7.75. The number of hydrogen-bond donors (Lipinski definition) is 1. The van der Waals surface area contributed by atoms with Crippen molar-refractivity contribution in [2.45, 2.75) is 26.3 Å². The number of anilines is 1. The predicted molar refractivity (Wildman–Crippen MR) is 93.7 cm³/mol. The van der Waals surface area contributed by atoms with Crippen LogP contribution in [0.15, 0.2) is 48.5 Å². The van der Waals surface area contributed by atoms with Crippen LogP contribution in [0.5, 0.6) is 17.2 Å². The molecule has 23 heavy (non-hydrogen) atoms. The molecule has 4 heteroatoms. The maximum atomic E-state index is 5.93. The molecule has 0 saturated heterocycles. The van der Waals surface area contributed by atoms with Gasteiger partial charge in [-0.15, -0.1) is 0 Å². The molecule has 4 nitrogen and oxygen atoms in total. The minimum Gasteiger partial charge on any atom is -0.487 e. The molecule has 1 N–H and O–H groups in total. The van der Waals surface area contributed by atoms with Gasteiger partial charge in [-0.1, -0.05) is 12.1 Å². The summed E-state index contributed by atoms with van der Waals surface area (Å²) in [5.41, 5.74) is 1.10. The van der Waals surface area contributed by atoms with Crippen molar-refractivity contribution in [2.24, 2.45) is 0 Å². The first-order chi connectivity index (χ1) is 11.0. The van der Waals surface area contributed by atoms with Crippen molar-refractivity contribution >= 4 is 5.69 Å². The molecule has 0 spiro atoms. The quantitative estimate of drug-likeness (QED) is 0.751. The molecule has 0 bridgehead atoms. The van der Waals surface area contributed by atoms with Crippen LogP contribution in [0, 0.1) is 0 Å². The van der Waals surface area contributed by atoms with E-state index < -0.39 is 0 Å². The van der Waals surface area contributed by atoms with E-state index in [9.17, 15) is 0 Å². The van der Waals surface area contributed by atoms with Gasteiger partial charge in [-0.25, -0.2) is 0 Å². The van der Waals surface area contributed by atoms with Crippen molar-refractivity contribution in [3.05, 3.63) is 48.5 Å². The standard InChI is InChI=1S/C19H25NO3/c1-19(2,3)20-15-9-11-16(12-10-15)23-18-8-6-5-7-17(18)22-14-13-21-4/h5-12,20H,13-14H2,1-4H3. The van der Waals surface area contributed by atoms with Crippen molar-refractivity contribution < 1.29 is 14.2 Å². The summed E-state index contributed by atoms with van der Waals surface area (Å²) in [5, 5.41) is 3.42. The van der Waals surface area contributed by atoms with Crippen LogP contribution in [-0.2, 0) is 4.74 Å². The summed E-state index contributed by atoms with van der Waals surface area (Å²) in [6.45, 7) is 7.42. The van der Waals surface area contributed by atoms with E-state index in [-0.39, 0.29) is 5.54 Å². The molecule has 0 amide bonds. The first-order valence-electron chi connectivity index (χ1n) is 7.75. The molecule has 0 radical (unpaired) electrons. The molecule has 0 fully saturated rings. The fourth-order valence-electron chi connectivity index (χ4n) is 2.05. The summed E-state index contributed by atoms with van der Waals surface area (Å²) in [4.78, 5) is 0. The van der Waals surface area contributed by atoms with Crippen LogP contribution < -0.4 is 14.8 Å². The van der Waals surface area contributed by atoms with E-state index in [2.05, 4.69) is 26.1 Å². The minimum atomic E-state index is 0.0319. The molecule has 0 aromatic heterocycles. The fourth-order valence-corrected chi connectivity index (χ4v) is 2.05. The molecule has 0 unspecified atom stereocenters. The SMILES string of the molecule is COCCOc1ccccc1Oc1ccc(NC(C)(C)C)cc1. The lowest BCUT2D eigenvalue weighted by molar-refractivity contribution is 0.144. The van der Waals surface area contributed by atoms with Crippen LogP contribution in [0.4, 0.5) is 5.69 Å². The zero-order valence-electron chi connectivity index (χ0n) is 14.3. The molecule has 0 heterocycles. The molecule has 2 rings (SSSR count). The summed E-state index contributed by atoms with van der Waals surface area (Å²) in [5.74, 6) is 2.17. The van der Waals surface area contributed by atoms with E-state index in [1.54, 1.807) is 7.11 Å². The molecule has 0 aliphatic heterocycles. The zero-order chi connectivity index (χ0) is 16.7. The Balaban J connectivity index is 2.04. The Kier molecular flexibility index (Phi) is 5.88. The van der Waals surface area contributed by atoms with Gasteiger partial charge in [-0.2, -0.15) is 0 Å². The monoisotopic (exact) mass is 315 g/mol. The molecule has 0 atom stereocenters. The van der Waals surface area contributed by atoms with Gasteiger partial charge in [-0.3, -0.25) is 0 Å². The number of methoxy groups -OCH3 is 1. The Hall–Kier alpha value is -2.20. The third-order valence-electron chi connectivity index (χ3n) is 3.00. The van der Waals surface area contributed by atoms with Gasteiger partial charge in [0, 0.05) is 18.3 Å². The number of nitrogens with one attached hydrogen (secondary N) is 1. The Labute approximate surface area is 138 Å². The summed E-state index contributed by atoms with van der Waals surface area (Å²) < 4.78 is 16.6. The highest BCUT2D eigenvalue weighted by Gasteiger charge is 2.10. The summed E-state index contributed by atoms with van der Waals surface area (Å²) >= 11 is 0. The van der Waals surface area contributed by atoms with E-state index in [4.69, 9.17) is 14.2 Å². The van der Waals surface area contributed by atoms with Gasteiger partial charge in [0.25, 0.3) is 0 Å². The maximum absolute atomic E-state index is 5.93. The highest BCUT2D eigenvalue weighted by Crippen LogP contribution is 2.31. The molecule has 0 aliphatic rings. The van der Waals surface area contributed by atoms with E-state index in [0.29, 0.717) is 24.7 Å². The first kappa shape index (κ1) is 17.2. The highest BCUT2D eigenvalue weighted by atomic mass is 16.5. The van der Waals surface area contributed by atoms with E-state index in [1.165, 1.54) is 0 Å². The average Bonchev–Trinajstić information content (AvgIpc) is 2.50. The molecule has 0 saturated carbocycles. The van der Waals surface area contributed by atoms with Crippen LogP contribution in [0.2, 0.25) is 0 Å². The van der Waals surface area contributed by atoms with Crippen LogP contribution in [0.25, 0.3) is 0 Å². The van der Waals surface area contributed by atoms with Gasteiger partial charge in [0.15, 0.2) is 11.5 Å². The minimum absolute atomic E-state index is 0.0319. The Bertz CT molecular complexity index is 603. The largest absolute Gasteiger partial charge is 0.487 e. The van der Waals surface area contributed by atoms with Gasteiger partial charge in [0.1, 0.15) is 12.4 Å². The molecular formula is C19H25NO3. The Morgan fingerprint density at radius 1 is 0.870 bits per heavy atom. The van der Waals surface area contributed by atoms with E-state index in [1.807, 2.05) is 48.5 Å². The topological polar surface area (TPSA) is 39.7 Å². The second-order valence-electron chi connectivity index (χ2n) is 6.29. The number of benzene rings is 2. The highest BCUT2D eigenvalue weighted by molar-refractivity contribution is 5.49. The summed E-state index contributed by atoms with van der Waals surface area (Å²) in [6, 6.07) is 15.5. The van der Waals surface area contributed by atoms with Gasteiger partial charge >= 0.3 is 0 Å². The molecule has 2 aromatic carbocycles. The van der Waals surface area contributed by atoms with Crippen molar-refractivity contribution in [1.29, 1.82) is 0 Å². The fraction of sp³-hybridized carbons (Fsp3) is 0.368. The van der Waals surface area contributed by atoms with Gasteiger partial charge < -0.3 is 19.5 Å². The summed E-state index contributed by atoms with van der Waals surface area (Å²) in [7, 11) is 1.65. The van der Waals surface area contributed by atoms with Gasteiger partial charge in [-0.05, 0) is 57.2 Å². The van der Waals surface area contributed by atoms with E-state index in [0.717, 1.165) is 11.4 Å². The van der Waals surface area contributed by atoms with Crippen LogP contribution >= 0.6 is 0 Å². The van der Waals surface area contributed by atoms with Gasteiger partial charge in [0.05, 0.1) is 6.61 Å². The normalized spacial score (nSPS) is 11.1. The predicted octanol–water partition coefficient (Wildman–Crippen LogP) is 4.71. The third kappa shape index (κ3) is 5.83. The van der Waals surface area contributed by atoms with Crippen LogP contribution in [-0.4, -0.2) is 25.9 Å². The Morgan fingerprint density at radius 3 is 2.13 bits per heavy atom. The molecule has 2 aromatic rings. The Morgan fingerprint density at radius 2 is 1.52 bits per heavy atom. The van der Waals surface area contributed by atoms with Crippen LogP contribution in [0.3, 0.4) is 0 Å². The number of para-hydroxylation sites is 2. The second-order valence-corrected chi connectivity index (χ2v) is 6.29. The second kappa shape index (κ2) is 7.88. The van der Waals surface area contributed by atoms with Crippen molar-refractivity contribution in [3.63, 3.8) is 0 Å². The average molecular weight is 315 g/mol. The lowest BCUT2D eigenvalue weighted by Crippen LogP contribution is -2.25. The lowest BCUT2D eigenvalue weighted by atomic mass is 10.1. The smallest absolute Gasteiger partial charge is 0.169 e. The van der Waals surface area contributed by atoms with E-state index >= 15 is 0 Å². The number of rotatable bonds is 7. The van der Waals surface area contributed by atoms with Crippen molar-refractivity contribution in [2.75, 3.05) is 25.6 Å². The van der Waals surface area contributed by atoms with Crippen molar-refractivity contribution in [3.8, 4) is 17.2 Å². The van der Waals surface area contributed by atoms with Crippen LogP contribution in [0.1, 0.15) is 20.8 Å². The third-order valence-corrected chi connectivity index (χ3v) is 3.00. The maximum Gasteiger partial charge on any atom is 0.169 e. The van der Waals surface area contributed by atoms with Crippen molar-refractivity contribution in [1.82, 2.24) is 0 Å². The zero-order valence-corrected chi connectivity index (χ0v) is 14.3. The molecule has 0 aliphatic carbocycles. The number of ether oxygens (including phenoxy) is 3. The lowest BCUT2D eigenvalue weighted by Gasteiger charge is -2.22. The molecular weight excluding hydrogens is 290 g/mol. The number of hydrogen-bond acceptors (Lipinski definition) is 4. The summed E-state index contributed by atoms with van der Waals surface area (Å²) in [6.07, 6.45) is 0.